The maximum absolute atomic E-state index is 12.8. The SMILES string of the molecule is O=S(=O)(c1ccccc1Cl)N1CCN(Cc2noc(-c3ccccc3)n2)CC1. The number of hydrogen-bond acceptors (Lipinski definition) is 6. The summed E-state index contributed by atoms with van der Waals surface area (Å²) in [4.78, 5) is 6.69. The summed E-state index contributed by atoms with van der Waals surface area (Å²) in [5, 5.41) is 4.28. The number of halogens is 1. The number of nitrogens with zero attached hydrogens (tertiary/aromatic N) is 4. The van der Waals surface area contributed by atoms with Gasteiger partial charge in [-0.1, -0.05) is 47.1 Å². The summed E-state index contributed by atoms with van der Waals surface area (Å²) in [5.41, 5.74) is 0.872. The van der Waals surface area contributed by atoms with E-state index >= 15 is 0 Å². The average Bonchev–Trinajstić information content (AvgIpc) is 3.18. The van der Waals surface area contributed by atoms with Crippen molar-refractivity contribution in [3.05, 3.63) is 65.4 Å². The van der Waals surface area contributed by atoms with Crippen LogP contribution in [0.3, 0.4) is 0 Å². The van der Waals surface area contributed by atoms with Crippen LogP contribution in [-0.2, 0) is 16.6 Å². The molecule has 1 aromatic heterocycles. The van der Waals surface area contributed by atoms with E-state index in [2.05, 4.69) is 15.0 Å². The zero-order valence-electron chi connectivity index (χ0n) is 15.0. The maximum atomic E-state index is 12.8. The Morgan fingerprint density at radius 3 is 2.36 bits per heavy atom. The third-order valence-electron chi connectivity index (χ3n) is 4.64. The monoisotopic (exact) mass is 418 g/mol. The standard InChI is InChI=1S/C19H19ClN4O3S/c20-16-8-4-5-9-17(16)28(25,26)24-12-10-23(11-13-24)14-18-21-19(27-22-18)15-6-2-1-3-7-15/h1-9H,10-14H2. The third-order valence-corrected chi connectivity index (χ3v) is 7.04. The van der Waals surface area contributed by atoms with Crippen molar-refractivity contribution in [3.63, 3.8) is 0 Å². The first-order valence-electron chi connectivity index (χ1n) is 8.89. The van der Waals surface area contributed by atoms with Crippen molar-refractivity contribution in [2.75, 3.05) is 26.2 Å². The Morgan fingerprint density at radius 1 is 0.964 bits per heavy atom. The normalized spacial score (nSPS) is 16.3. The molecule has 0 unspecified atom stereocenters. The molecule has 4 rings (SSSR count). The van der Waals surface area contributed by atoms with Crippen LogP contribution in [0, 0.1) is 0 Å². The molecule has 2 heterocycles. The fourth-order valence-corrected chi connectivity index (χ4v) is 5.05. The highest BCUT2D eigenvalue weighted by Gasteiger charge is 2.30. The van der Waals surface area contributed by atoms with E-state index in [1.807, 2.05) is 30.3 Å². The van der Waals surface area contributed by atoms with E-state index < -0.39 is 10.0 Å². The fraction of sp³-hybridized carbons (Fsp3) is 0.263. The summed E-state index contributed by atoms with van der Waals surface area (Å²) in [7, 11) is -3.60. The number of aromatic nitrogens is 2. The molecule has 0 saturated carbocycles. The lowest BCUT2D eigenvalue weighted by atomic mass is 10.2. The smallest absolute Gasteiger partial charge is 0.257 e. The lowest BCUT2D eigenvalue weighted by molar-refractivity contribution is 0.176. The number of benzene rings is 2. The van der Waals surface area contributed by atoms with Gasteiger partial charge in [0.05, 0.1) is 11.6 Å². The highest BCUT2D eigenvalue weighted by molar-refractivity contribution is 7.89. The second kappa shape index (κ2) is 8.00. The van der Waals surface area contributed by atoms with Crippen molar-refractivity contribution >= 4 is 21.6 Å². The van der Waals surface area contributed by atoms with Crippen molar-refractivity contribution in [1.82, 2.24) is 19.3 Å². The Labute approximate surface area is 168 Å². The predicted octanol–water partition coefficient (Wildman–Crippen LogP) is 2.90. The molecule has 0 N–H and O–H groups in total. The van der Waals surface area contributed by atoms with Crippen molar-refractivity contribution < 1.29 is 12.9 Å². The lowest BCUT2D eigenvalue weighted by Gasteiger charge is -2.33. The number of rotatable bonds is 5. The molecular formula is C19H19ClN4O3S. The van der Waals surface area contributed by atoms with Gasteiger partial charge in [-0.3, -0.25) is 4.90 Å². The summed E-state index contributed by atoms with van der Waals surface area (Å²) in [5.74, 6) is 1.07. The molecule has 7 nitrogen and oxygen atoms in total. The summed E-state index contributed by atoms with van der Waals surface area (Å²) < 4.78 is 32.4. The molecule has 2 aromatic carbocycles. The lowest BCUT2D eigenvalue weighted by Crippen LogP contribution is -2.48. The van der Waals surface area contributed by atoms with Gasteiger partial charge in [0.25, 0.3) is 5.89 Å². The van der Waals surface area contributed by atoms with Gasteiger partial charge in [0.1, 0.15) is 4.90 Å². The van der Waals surface area contributed by atoms with E-state index in [4.69, 9.17) is 16.1 Å². The zero-order valence-corrected chi connectivity index (χ0v) is 16.6. The Bertz CT molecular complexity index is 1050. The van der Waals surface area contributed by atoms with Crippen LogP contribution >= 0.6 is 11.6 Å². The first-order chi connectivity index (χ1) is 13.5. The summed E-state index contributed by atoms with van der Waals surface area (Å²) in [6.07, 6.45) is 0. The van der Waals surface area contributed by atoms with Crippen molar-refractivity contribution in [2.24, 2.45) is 0 Å². The maximum Gasteiger partial charge on any atom is 0.257 e. The fourth-order valence-electron chi connectivity index (χ4n) is 3.14. The molecule has 3 aromatic rings. The molecule has 1 fully saturated rings. The van der Waals surface area contributed by atoms with Crippen molar-refractivity contribution in [3.8, 4) is 11.5 Å². The van der Waals surface area contributed by atoms with Gasteiger partial charge in [0.15, 0.2) is 5.82 Å². The van der Waals surface area contributed by atoms with Crippen LogP contribution in [-0.4, -0.2) is 53.9 Å². The Kier molecular flexibility index (Phi) is 5.45. The number of hydrogen-bond donors (Lipinski definition) is 0. The van der Waals surface area contributed by atoms with Crippen LogP contribution in [0.5, 0.6) is 0 Å². The van der Waals surface area contributed by atoms with Crippen LogP contribution in [0.1, 0.15) is 5.82 Å². The molecule has 1 aliphatic heterocycles. The van der Waals surface area contributed by atoms with Gasteiger partial charge < -0.3 is 4.52 Å². The molecule has 0 bridgehead atoms. The van der Waals surface area contributed by atoms with E-state index in [1.165, 1.54) is 10.4 Å². The molecule has 1 aliphatic rings. The molecule has 0 atom stereocenters. The molecule has 0 radical (unpaired) electrons. The molecule has 0 amide bonds. The van der Waals surface area contributed by atoms with Crippen LogP contribution in [0.4, 0.5) is 0 Å². The Morgan fingerprint density at radius 2 is 1.64 bits per heavy atom. The summed E-state index contributed by atoms with van der Waals surface area (Å²) >= 11 is 6.07. The van der Waals surface area contributed by atoms with Gasteiger partial charge in [0.2, 0.25) is 10.0 Å². The van der Waals surface area contributed by atoms with Gasteiger partial charge in [-0.15, -0.1) is 0 Å². The second-order valence-corrected chi connectivity index (χ2v) is 8.81. The van der Waals surface area contributed by atoms with Crippen LogP contribution in [0.2, 0.25) is 5.02 Å². The van der Waals surface area contributed by atoms with Crippen LogP contribution in [0.25, 0.3) is 11.5 Å². The van der Waals surface area contributed by atoms with E-state index in [0.29, 0.717) is 44.4 Å². The molecule has 28 heavy (non-hydrogen) atoms. The van der Waals surface area contributed by atoms with Crippen molar-refractivity contribution in [1.29, 1.82) is 0 Å². The minimum atomic E-state index is -3.60. The highest BCUT2D eigenvalue weighted by atomic mass is 35.5. The highest BCUT2D eigenvalue weighted by Crippen LogP contribution is 2.25. The summed E-state index contributed by atoms with van der Waals surface area (Å²) in [6.45, 7) is 2.45. The van der Waals surface area contributed by atoms with Crippen molar-refractivity contribution in [2.45, 2.75) is 11.4 Å². The molecule has 1 saturated heterocycles. The number of piperazine rings is 1. The van der Waals surface area contributed by atoms with E-state index in [-0.39, 0.29) is 9.92 Å². The van der Waals surface area contributed by atoms with E-state index in [0.717, 1.165) is 5.56 Å². The van der Waals surface area contributed by atoms with Gasteiger partial charge in [-0.05, 0) is 24.3 Å². The van der Waals surface area contributed by atoms with Crippen LogP contribution < -0.4 is 0 Å². The molecule has 0 aliphatic carbocycles. The second-order valence-electron chi connectivity index (χ2n) is 6.49. The molecule has 146 valence electrons. The van der Waals surface area contributed by atoms with Gasteiger partial charge >= 0.3 is 0 Å². The summed E-state index contributed by atoms with van der Waals surface area (Å²) in [6, 6.07) is 16.1. The van der Waals surface area contributed by atoms with Crippen LogP contribution in [0.15, 0.2) is 64.0 Å². The quantitative estimate of drug-likeness (QED) is 0.633. The zero-order chi connectivity index (χ0) is 19.6. The van der Waals surface area contributed by atoms with Gasteiger partial charge in [0, 0.05) is 31.7 Å². The molecule has 0 spiro atoms. The Balaban J connectivity index is 1.39. The van der Waals surface area contributed by atoms with Gasteiger partial charge in [-0.2, -0.15) is 9.29 Å². The first-order valence-corrected chi connectivity index (χ1v) is 10.7. The van der Waals surface area contributed by atoms with E-state index in [1.54, 1.807) is 18.2 Å². The number of sulfonamides is 1. The first kappa shape index (κ1) is 19.1. The Hall–Kier alpha value is -2.26. The van der Waals surface area contributed by atoms with Gasteiger partial charge in [-0.25, -0.2) is 8.42 Å². The largest absolute Gasteiger partial charge is 0.334 e. The van der Waals surface area contributed by atoms with E-state index in [9.17, 15) is 8.42 Å². The third kappa shape index (κ3) is 3.95. The average molecular weight is 419 g/mol. The topological polar surface area (TPSA) is 79.5 Å². The molecule has 9 heteroatoms. The minimum absolute atomic E-state index is 0.149. The predicted molar refractivity (Wildman–Crippen MR) is 105 cm³/mol. The molecular weight excluding hydrogens is 400 g/mol. The minimum Gasteiger partial charge on any atom is -0.334 e.